The Bertz CT molecular complexity index is 385. The summed E-state index contributed by atoms with van der Waals surface area (Å²) >= 11 is 0. The molecule has 2 fully saturated rings. The molecule has 2 heterocycles. The Hall–Kier alpha value is -1.34. The molecule has 2 unspecified atom stereocenters. The highest BCUT2D eigenvalue weighted by Crippen LogP contribution is 2.10. The van der Waals surface area contributed by atoms with E-state index in [2.05, 4.69) is 21.3 Å². The summed E-state index contributed by atoms with van der Waals surface area (Å²) in [4.78, 5) is 25.1. The van der Waals surface area contributed by atoms with Gasteiger partial charge in [0.05, 0.1) is 6.17 Å². The van der Waals surface area contributed by atoms with E-state index < -0.39 is 0 Å². The summed E-state index contributed by atoms with van der Waals surface area (Å²) < 4.78 is 0. The maximum atomic E-state index is 12.2. The molecule has 0 aromatic rings. The summed E-state index contributed by atoms with van der Waals surface area (Å²) in [5, 5.41) is 12.8. The number of amides is 3. The van der Waals surface area contributed by atoms with Gasteiger partial charge in [0.1, 0.15) is 0 Å². The van der Waals surface area contributed by atoms with Gasteiger partial charge < -0.3 is 26.2 Å². The van der Waals surface area contributed by atoms with Crippen molar-refractivity contribution in [1.82, 2.24) is 26.2 Å². The molecule has 2 saturated heterocycles. The Balaban J connectivity index is 1.56. The Morgan fingerprint density at radius 1 is 1.17 bits per heavy atom. The summed E-state index contributed by atoms with van der Waals surface area (Å²) in [5.41, 5.74) is 0. The maximum Gasteiger partial charge on any atom is 0.317 e. The molecule has 2 atom stereocenters. The van der Waals surface area contributed by atoms with Crippen molar-refractivity contribution in [3.05, 3.63) is 0 Å². The predicted octanol–water partition coefficient (Wildman–Crippen LogP) is 0.376. The first-order valence-corrected chi connectivity index (χ1v) is 8.92. The lowest BCUT2D eigenvalue weighted by atomic mass is 10.1. The third-order valence-electron chi connectivity index (χ3n) is 4.45. The zero-order valence-corrected chi connectivity index (χ0v) is 14.2. The fraction of sp³-hybridized carbons (Fsp3) is 0.875. The quantitative estimate of drug-likeness (QED) is 0.532. The topological polar surface area (TPSA) is 85.5 Å². The van der Waals surface area contributed by atoms with Gasteiger partial charge in [-0.1, -0.05) is 0 Å². The molecule has 3 amide bonds. The van der Waals surface area contributed by atoms with E-state index in [9.17, 15) is 9.59 Å². The van der Waals surface area contributed by atoms with Crippen LogP contribution in [0.25, 0.3) is 0 Å². The number of nitrogens with one attached hydrogen (secondary N) is 4. The number of piperidine rings is 2. The van der Waals surface area contributed by atoms with Crippen LogP contribution in [0.3, 0.4) is 0 Å². The predicted molar refractivity (Wildman–Crippen MR) is 90.1 cm³/mol. The fourth-order valence-electron chi connectivity index (χ4n) is 3.26. The van der Waals surface area contributed by atoms with Gasteiger partial charge in [-0.2, -0.15) is 0 Å². The molecular formula is C16H31N5O2. The minimum absolute atomic E-state index is 0.0177. The van der Waals surface area contributed by atoms with E-state index in [1.807, 2.05) is 0 Å². The van der Waals surface area contributed by atoms with E-state index in [1.165, 1.54) is 26.2 Å². The van der Waals surface area contributed by atoms with Gasteiger partial charge >= 0.3 is 6.03 Å². The fourth-order valence-corrected chi connectivity index (χ4v) is 3.26. The molecule has 7 nitrogen and oxygen atoms in total. The molecule has 0 radical (unpaired) electrons. The van der Waals surface area contributed by atoms with Crippen LogP contribution in [0, 0.1) is 0 Å². The minimum atomic E-state index is -0.0281. The van der Waals surface area contributed by atoms with Crippen LogP contribution in [0.15, 0.2) is 0 Å². The Morgan fingerprint density at radius 2 is 2.04 bits per heavy atom. The van der Waals surface area contributed by atoms with Crippen molar-refractivity contribution in [3.63, 3.8) is 0 Å². The van der Waals surface area contributed by atoms with Crippen LogP contribution < -0.4 is 21.3 Å². The molecule has 7 heteroatoms. The van der Waals surface area contributed by atoms with Gasteiger partial charge in [-0.15, -0.1) is 0 Å². The smallest absolute Gasteiger partial charge is 0.317 e. The first-order chi connectivity index (χ1) is 11.1. The number of urea groups is 1. The van der Waals surface area contributed by atoms with Crippen LogP contribution in [0.5, 0.6) is 0 Å². The molecule has 0 aromatic heterocycles. The van der Waals surface area contributed by atoms with E-state index in [1.54, 1.807) is 4.90 Å². The van der Waals surface area contributed by atoms with Crippen LogP contribution in [-0.4, -0.2) is 61.8 Å². The molecular weight excluding hydrogens is 294 g/mol. The van der Waals surface area contributed by atoms with Crippen molar-refractivity contribution in [1.29, 1.82) is 0 Å². The van der Waals surface area contributed by atoms with Crippen molar-refractivity contribution in [3.8, 4) is 0 Å². The van der Waals surface area contributed by atoms with Gasteiger partial charge in [-0.05, 0) is 51.6 Å². The number of likely N-dealkylation sites (tertiary alicyclic amines) is 1. The highest BCUT2D eigenvalue weighted by atomic mass is 16.2. The van der Waals surface area contributed by atoms with Crippen LogP contribution in [0.2, 0.25) is 0 Å². The molecule has 0 bridgehead atoms. The highest BCUT2D eigenvalue weighted by molar-refractivity contribution is 5.75. The molecule has 2 rings (SSSR count). The zero-order chi connectivity index (χ0) is 16.5. The zero-order valence-electron chi connectivity index (χ0n) is 14.2. The van der Waals surface area contributed by atoms with Gasteiger partial charge in [0.2, 0.25) is 5.91 Å². The number of carbonyl (C=O) groups is 2. The summed E-state index contributed by atoms with van der Waals surface area (Å²) in [6.45, 7) is 5.58. The largest absolute Gasteiger partial charge is 0.352 e. The average molecular weight is 325 g/mol. The second kappa shape index (κ2) is 9.72. The number of carbonyl (C=O) groups excluding carboxylic acids is 2. The molecule has 0 aromatic carbocycles. The first kappa shape index (κ1) is 18.0. The third kappa shape index (κ3) is 6.74. The van der Waals surface area contributed by atoms with Crippen LogP contribution in [-0.2, 0) is 4.79 Å². The standard InChI is InChI=1S/C16H31N5O2/c1-13(22)20-14-6-4-11-21(12-14)16(23)19-10-5-9-18-15-7-2-3-8-17-15/h14-15,17-18H,2-12H2,1H3,(H,19,23)(H,20,22). The molecule has 0 spiro atoms. The lowest BCUT2D eigenvalue weighted by Gasteiger charge is -2.33. The summed E-state index contributed by atoms with van der Waals surface area (Å²) in [6.07, 6.45) is 6.97. The van der Waals surface area contributed by atoms with Crippen LogP contribution in [0.1, 0.15) is 45.4 Å². The van der Waals surface area contributed by atoms with Crippen molar-refractivity contribution in [2.24, 2.45) is 0 Å². The average Bonchev–Trinajstić information content (AvgIpc) is 2.55. The highest BCUT2D eigenvalue weighted by Gasteiger charge is 2.23. The van der Waals surface area contributed by atoms with Gasteiger partial charge in [-0.3, -0.25) is 4.79 Å². The lowest BCUT2D eigenvalue weighted by molar-refractivity contribution is -0.119. The van der Waals surface area contributed by atoms with Gasteiger partial charge in [-0.25, -0.2) is 4.79 Å². The molecule has 23 heavy (non-hydrogen) atoms. The Labute approximate surface area is 138 Å². The molecule has 132 valence electrons. The van der Waals surface area contributed by atoms with Crippen molar-refractivity contribution >= 4 is 11.9 Å². The molecule has 0 aliphatic carbocycles. The van der Waals surface area contributed by atoms with Crippen molar-refractivity contribution in [2.45, 2.75) is 57.7 Å². The number of hydrogen-bond acceptors (Lipinski definition) is 4. The van der Waals surface area contributed by atoms with Crippen LogP contribution >= 0.6 is 0 Å². The monoisotopic (exact) mass is 325 g/mol. The first-order valence-electron chi connectivity index (χ1n) is 8.92. The summed E-state index contributed by atoms with van der Waals surface area (Å²) in [7, 11) is 0. The van der Waals surface area contributed by atoms with Gasteiger partial charge in [0, 0.05) is 32.6 Å². The number of rotatable bonds is 6. The summed E-state index contributed by atoms with van der Waals surface area (Å²) in [6, 6.07) is 0.0712. The number of nitrogens with zero attached hydrogens (tertiary/aromatic N) is 1. The summed E-state index contributed by atoms with van der Waals surface area (Å²) in [5.74, 6) is -0.0281. The van der Waals surface area contributed by atoms with E-state index in [0.717, 1.165) is 38.9 Å². The molecule has 2 aliphatic rings. The second-order valence-corrected chi connectivity index (χ2v) is 6.53. The van der Waals surface area contributed by atoms with E-state index in [4.69, 9.17) is 0 Å². The third-order valence-corrected chi connectivity index (χ3v) is 4.45. The number of hydrogen-bond donors (Lipinski definition) is 4. The van der Waals surface area contributed by atoms with E-state index in [0.29, 0.717) is 19.3 Å². The van der Waals surface area contributed by atoms with Crippen LogP contribution in [0.4, 0.5) is 4.79 Å². The second-order valence-electron chi connectivity index (χ2n) is 6.53. The maximum absolute atomic E-state index is 12.2. The Morgan fingerprint density at radius 3 is 2.78 bits per heavy atom. The SMILES string of the molecule is CC(=O)NC1CCCN(C(=O)NCCCNC2CCCCN2)C1. The van der Waals surface area contributed by atoms with Crippen molar-refractivity contribution in [2.75, 3.05) is 32.7 Å². The molecule has 4 N–H and O–H groups in total. The Kier molecular flexibility index (Phi) is 7.61. The lowest BCUT2D eigenvalue weighted by Crippen LogP contribution is -2.52. The van der Waals surface area contributed by atoms with Crippen molar-refractivity contribution < 1.29 is 9.59 Å². The van der Waals surface area contributed by atoms with Gasteiger partial charge in [0.15, 0.2) is 0 Å². The minimum Gasteiger partial charge on any atom is -0.352 e. The van der Waals surface area contributed by atoms with E-state index in [-0.39, 0.29) is 18.0 Å². The normalized spacial score (nSPS) is 25.0. The van der Waals surface area contributed by atoms with E-state index >= 15 is 0 Å². The molecule has 0 saturated carbocycles. The molecule has 2 aliphatic heterocycles. The van der Waals surface area contributed by atoms with Gasteiger partial charge in [0.25, 0.3) is 0 Å².